The number of aryl methyl sites for hydroxylation is 1. The number of aliphatic imine (C=N–C) groups is 1. The average molecular weight is 499 g/mol. The number of rotatable bonds is 4. The zero-order valence-corrected chi connectivity index (χ0v) is 19.0. The van der Waals surface area contributed by atoms with Gasteiger partial charge in [0.05, 0.1) is 23.7 Å². The van der Waals surface area contributed by atoms with Crippen LogP contribution in [0.5, 0.6) is 0 Å². The molecule has 4 rings (SSSR count). The summed E-state index contributed by atoms with van der Waals surface area (Å²) < 4.78 is 13.9. The van der Waals surface area contributed by atoms with Crippen molar-refractivity contribution in [2.45, 2.75) is 38.5 Å². The Labute approximate surface area is 183 Å². The van der Waals surface area contributed by atoms with Crippen LogP contribution in [-0.4, -0.2) is 65.5 Å². The summed E-state index contributed by atoms with van der Waals surface area (Å²) >= 11 is 0. The Morgan fingerprint density at radius 2 is 2.07 bits per heavy atom. The maximum absolute atomic E-state index is 5.98. The summed E-state index contributed by atoms with van der Waals surface area (Å²) in [6.07, 6.45) is 2.56. The second-order valence-electron chi connectivity index (χ2n) is 7.15. The molecule has 2 saturated heterocycles. The first-order valence-electron chi connectivity index (χ1n) is 9.93. The van der Waals surface area contributed by atoms with E-state index in [-0.39, 0.29) is 36.2 Å². The zero-order valence-electron chi connectivity index (χ0n) is 16.6. The number of para-hydroxylation sites is 2. The Bertz CT molecular complexity index is 803. The minimum absolute atomic E-state index is 0. The molecule has 7 nitrogen and oxygen atoms in total. The number of morpholine rings is 1. The molecule has 0 amide bonds. The number of fused-ring (bicyclic) bond motifs is 1. The summed E-state index contributed by atoms with van der Waals surface area (Å²) in [5.74, 6) is 1.89. The molecular formula is C20H30IN5O2. The number of guanidine groups is 1. The minimum atomic E-state index is 0. The van der Waals surface area contributed by atoms with Crippen molar-refractivity contribution < 1.29 is 9.47 Å². The number of hydrogen-bond donors (Lipinski definition) is 1. The Morgan fingerprint density at radius 1 is 1.25 bits per heavy atom. The van der Waals surface area contributed by atoms with Gasteiger partial charge in [0.15, 0.2) is 5.96 Å². The highest BCUT2D eigenvalue weighted by Crippen LogP contribution is 2.21. The van der Waals surface area contributed by atoms with Crippen molar-refractivity contribution in [1.29, 1.82) is 0 Å². The first-order chi connectivity index (χ1) is 13.3. The number of ether oxygens (including phenoxy) is 2. The number of nitrogens with zero attached hydrogens (tertiary/aromatic N) is 4. The van der Waals surface area contributed by atoms with Crippen LogP contribution in [0.25, 0.3) is 11.0 Å². The fourth-order valence-electron chi connectivity index (χ4n) is 3.90. The summed E-state index contributed by atoms with van der Waals surface area (Å²) in [6, 6.07) is 8.20. The van der Waals surface area contributed by atoms with E-state index >= 15 is 0 Å². The number of imidazole rings is 1. The molecule has 0 bridgehead atoms. The van der Waals surface area contributed by atoms with Crippen LogP contribution in [0.3, 0.4) is 0 Å². The summed E-state index contributed by atoms with van der Waals surface area (Å²) in [5, 5.41) is 3.43. The van der Waals surface area contributed by atoms with Crippen molar-refractivity contribution >= 4 is 41.0 Å². The third kappa shape index (κ3) is 4.60. The van der Waals surface area contributed by atoms with Gasteiger partial charge in [-0.1, -0.05) is 12.1 Å². The van der Waals surface area contributed by atoms with Crippen molar-refractivity contribution in [2.24, 2.45) is 12.0 Å². The first-order valence-corrected chi connectivity index (χ1v) is 9.93. The van der Waals surface area contributed by atoms with Crippen LogP contribution in [0, 0.1) is 0 Å². The Balaban J connectivity index is 0.00000225. The van der Waals surface area contributed by atoms with Crippen molar-refractivity contribution in [1.82, 2.24) is 19.8 Å². The topological polar surface area (TPSA) is 63.9 Å². The molecule has 0 saturated carbocycles. The minimum Gasteiger partial charge on any atom is -0.375 e. The lowest BCUT2D eigenvalue weighted by atomic mass is 10.1. The SMILES string of the molecule is CCNC(=NCc1nc2ccccc2n1C)N1CCOC(C2CCCO2)C1.I. The third-order valence-corrected chi connectivity index (χ3v) is 5.36. The van der Waals surface area contributed by atoms with Gasteiger partial charge in [0, 0.05) is 33.3 Å². The second-order valence-corrected chi connectivity index (χ2v) is 7.15. The highest BCUT2D eigenvalue weighted by atomic mass is 127. The van der Waals surface area contributed by atoms with E-state index in [1.165, 1.54) is 0 Å². The highest BCUT2D eigenvalue weighted by molar-refractivity contribution is 14.0. The lowest BCUT2D eigenvalue weighted by Crippen LogP contribution is -2.53. The van der Waals surface area contributed by atoms with Gasteiger partial charge in [-0.3, -0.25) is 0 Å². The molecule has 1 aromatic carbocycles. The number of halogens is 1. The van der Waals surface area contributed by atoms with Gasteiger partial charge >= 0.3 is 0 Å². The van der Waals surface area contributed by atoms with E-state index in [2.05, 4.69) is 34.8 Å². The van der Waals surface area contributed by atoms with Crippen LogP contribution < -0.4 is 5.32 Å². The third-order valence-electron chi connectivity index (χ3n) is 5.36. The molecule has 8 heteroatoms. The smallest absolute Gasteiger partial charge is 0.194 e. The van der Waals surface area contributed by atoms with E-state index in [1.54, 1.807) is 0 Å². The molecule has 0 aliphatic carbocycles. The fourth-order valence-corrected chi connectivity index (χ4v) is 3.90. The van der Waals surface area contributed by atoms with Gasteiger partial charge in [-0.15, -0.1) is 24.0 Å². The first kappa shape index (κ1) is 21.3. The number of nitrogens with one attached hydrogen (secondary N) is 1. The van der Waals surface area contributed by atoms with E-state index in [0.29, 0.717) is 13.2 Å². The van der Waals surface area contributed by atoms with Gasteiger partial charge in [0.1, 0.15) is 18.5 Å². The summed E-state index contributed by atoms with van der Waals surface area (Å²) in [5.41, 5.74) is 2.15. The molecule has 2 fully saturated rings. The molecule has 1 N–H and O–H groups in total. The number of benzene rings is 1. The molecule has 2 aliphatic heterocycles. The predicted molar refractivity (Wildman–Crippen MR) is 121 cm³/mol. The maximum Gasteiger partial charge on any atom is 0.194 e. The van der Waals surface area contributed by atoms with E-state index < -0.39 is 0 Å². The lowest BCUT2D eigenvalue weighted by Gasteiger charge is -2.37. The summed E-state index contributed by atoms with van der Waals surface area (Å²) in [4.78, 5) is 11.9. The van der Waals surface area contributed by atoms with Gasteiger partial charge in [-0.05, 0) is 31.9 Å². The Kier molecular flexibility index (Phi) is 7.53. The van der Waals surface area contributed by atoms with Crippen LogP contribution in [0.15, 0.2) is 29.3 Å². The molecule has 2 atom stereocenters. The molecule has 0 radical (unpaired) electrons. The predicted octanol–water partition coefficient (Wildman–Crippen LogP) is 2.54. The average Bonchev–Trinajstić information content (AvgIpc) is 3.34. The maximum atomic E-state index is 5.98. The van der Waals surface area contributed by atoms with Crippen LogP contribution in [0.1, 0.15) is 25.6 Å². The lowest BCUT2D eigenvalue weighted by molar-refractivity contribution is -0.0817. The molecular weight excluding hydrogens is 469 g/mol. The molecule has 2 aromatic rings. The Morgan fingerprint density at radius 3 is 2.82 bits per heavy atom. The van der Waals surface area contributed by atoms with Gasteiger partial charge < -0.3 is 24.3 Å². The fraction of sp³-hybridized carbons (Fsp3) is 0.600. The highest BCUT2D eigenvalue weighted by Gasteiger charge is 2.32. The molecule has 2 aliphatic rings. The van der Waals surface area contributed by atoms with Crippen molar-refractivity contribution in [3.8, 4) is 0 Å². The van der Waals surface area contributed by atoms with Gasteiger partial charge in [0.2, 0.25) is 0 Å². The normalized spacial score (nSPS) is 23.1. The van der Waals surface area contributed by atoms with Crippen LogP contribution in [-0.2, 0) is 23.1 Å². The monoisotopic (exact) mass is 499 g/mol. The van der Waals surface area contributed by atoms with Crippen molar-refractivity contribution in [2.75, 3.05) is 32.8 Å². The molecule has 1 aromatic heterocycles. The van der Waals surface area contributed by atoms with E-state index in [0.717, 1.165) is 61.9 Å². The van der Waals surface area contributed by atoms with E-state index in [4.69, 9.17) is 19.5 Å². The summed E-state index contributed by atoms with van der Waals surface area (Å²) in [7, 11) is 2.05. The number of hydrogen-bond acceptors (Lipinski definition) is 4. The van der Waals surface area contributed by atoms with Crippen LogP contribution >= 0.6 is 24.0 Å². The number of aromatic nitrogens is 2. The standard InChI is InChI=1S/C20H29N5O2.HI/c1-3-21-20(25-10-12-27-18(14-25)17-9-6-11-26-17)22-13-19-23-15-7-4-5-8-16(15)24(19)2;/h4-5,7-8,17-18H,3,6,9-14H2,1-2H3,(H,21,22);1H. The van der Waals surface area contributed by atoms with Crippen molar-refractivity contribution in [3.63, 3.8) is 0 Å². The van der Waals surface area contributed by atoms with Gasteiger partial charge in [-0.2, -0.15) is 0 Å². The molecule has 28 heavy (non-hydrogen) atoms. The van der Waals surface area contributed by atoms with Crippen LogP contribution in [0.4, 0.5) is 0 Å². The quantitative estimate of drug-likeness (QED) is 0.398. The molecule has 2 unspecified atom stereocenters. The van der Waals surface area contributed by atoms with Crippen molar-refractivity contribution in [3.05, 3.63) is 30.1 Å². The van der Waals surface area contributed by atoms with E-state index in [1.807, 2.05) is 18.2 Å². The Hall–Kier alpha value is -1.39. The van der Waals surface area contributed by atoms with E-state index in [9.17, 15) is 0 Å². The summed E-state index contributed by atoms with van der Waals surface area (Å²) in [6.45, 7) is 6.71. The molecule has 0 spiro atoms. The van der Waals surface area contributed by atoms with Gasteiger partial charge in [0.25, 0.3) is 0 Å². The molecule has 3 heterocycles. The largest absolute Gasteiger partial charge is 0.375 e. The zero-order chi connectivity index (χ0) is 18.6. The van der Waals surface area contributed by atoms with Crippen LogP contribution in [0.2, 0.25) is 0 Å². The second kappa shape index (κ2) is 9.89. The molecule has 154 valence electrons. The van der Waals surface area contributed by atoms with Gasteiger partial charge in [-0.25, -0.2) is 9.98 Å².